The summed E-state index contributed by atoms with van der Waals surface area (Å²) in [6, 6.07) is 9.42. The van der Waals surface area contributed by atoms with Crippen LogP contribution in [0.4, 0.5) is 0 Å². The molecule has 0 fully saturated rings. The summed E-state index contributed by atoms with van der Waals surface area (Å²) in [6.45, 7) is 0.720. The van der Waals surface area contributed by atoms with E-state index in [1.807, 2.05) is 30.3 Å². The van der Waals surface area contributed by atoms with Crippen LogP contribution >= 0.6 is 0 Å². The number of nitrogens with zero attached hydrogens (tertiary/aromatic N) is 1. The Morgan fingerprint density at radius 2 is 2.06 bits per heavy atom. The van der Waals surface area contributed by atoms with E-state index in [1.54, 1.807) is 12.4 Å². The first-order valence-corrected chi connectivity index (χ1v) is 6.01. The zero-order valence-electron chi connectivity index (χ0n) is 9.93. The molecule has 90 valence electrons. The van der Waals surface area contributed by atoms with Crippen molar-refractivity contribution in [3.05, 3.63) is 59.4 Å². The molecule has 0 saturated heterocycles. The van der Waals surface area contributed by atoms with Crippen molar-refractivity contribution in [3.63, 3.8) is 0 Å². The van der Waals surface area contributed by atoms with Crippen molar-refractivity contribution in [3.8, 4) is 5.75 Å². The summed E-state index contributed by atoms with van der Waals surface area (Å²) in [5.74, 6) is 1.05. The zero-order valence-corrected chi connectivity index (χ0v) is 9.93. The number of pyridine rings is 1. The van der Waals surface area contributed by atoms with Crippen molar-refractivity contribution in [2.24, 2.45) is 0 Å². The Labute approximate surface area is 105 Å². The summed E-state index contributed by atoms with van der Waals surface area (Å²) in [5.41, 5.74) is 2.89. The first-order chi connectivity index (χ1) is 8.83. The maximum Gasteiger partial charge on any atom is 0.167 e. The highest BCUT2D eigenvalue weighted by Crippen LogP contribution is 2.26. The molecule has 0 N–H and O–H groups in total. The average Bonchev–Trinajstić information content (AvgIpc) is 2.87. The molecule has 0 aliphatic carbocycles. The van der Waals surface area contributed by atoms with E-state index in [0.717, 1.165) is 35.5 Å². The van der Waals surface area contributed by atoms with Gasteiger partial charge in [0.15, 0.2) is 5.78 Å². The Hall–Kier alpha value is -2.16. The van der Waals surface area contributed by atoms with Crippen LogP contribution < -0.4 is 4.74 Å². The smallest absolute Gasteiger partial charge is 0.167 e. The van der Waals surface area contributed by atoms with E-state index in [2.05, 4.69) is 4.98 Å². The number of ketones is 1. The van der Waals surface area contributed by atoms with Crippen LogP contribution in [-0.2, 0) is 12.8 Å². The number of ether oxygens (including phenoxy) is 1. The van der Waals surface area contributed by atoms with E-state index in [9.17, 15) is 4.79 Å². The van der Waals surface area contributed by atoms with Crippen molar-refractivity contribution < 1.29 is 9.53 Å². The molecule has 1 aromatic carbocycles. The fourth-order valence-corrected chi connectivity index (χ4v) is 2.15. The van der Waals surface area contributed by atoms with Crippen LogP contribution in [0.5, 0.6) is 5.75 Å². The topological polar surface area (TPSA) is 39.2 Å². The van der Waals surface area contributed by atoms with Crippen LogP contribution in [-0.4, -0.2) is 17.4 Å². The fourth-order valence-electron chi connectivity index (χ4n) is 2.15. The summed E-state index contributed by atoms with van der Waals surface area (Å²) in [5, 5.41) is 0. The first kappa shape index (κ1) is 11.0. The van der Waals surface area contributed by atoms with Crippen LogP contribution in [0.1, 0.15) is 21.5 Å². The number of rotatable bonds is 3. The molecule has 0 amide bonds. The molecule has 0 radical (unpaired) electrons. The molecule has 2 heterocycles. The van der Waals surface area contributed by atoms with E-state index in [0.29, 0.717) is 6.42 Å². The predicted octanol–water partition coefficient (Wildman–Crippen LogP) is 2.44. The molecule has 0 spiro atoms. The van der Waals surface area contributed by atoms with E-state index in [1.165, 1.54) is 0 Å². The number of Topliss-reactive ketones (excluding diaryl/α,β-unsaturated/α-hetero) is 1. The quantitative estimate of drug-likeness (QED) is 0.772. The molecule has 1 aliphatic heterocycles. The van der Waals surface area contributed by atoms with E-state index in [-0.39, 0.29) is 5.78 Å². The fraction of sp³-hybridized carbons (Fsp3) is 0.200. The number of carbonyl (C=O) groups is 1. The van der Waals surface area contributed by atoms with Gasteiger partial charge in [-0.2, -0.15) is 0 Å². The van der Waals surface area contributed by atoms with Gasteiger partial charge in [-0.15, -0.1) is 0 Å². The van der Waals surface area contributed by atoms with Crippen LogP contribution in [0.3, 0.4) is 0 Å². The molecule has 18 heavy (non-hydrogen) atoms. The predicted molar refractivity (Wildman–Crippen MR) is 67.9 cm³/mol. The molecule has 1 aromatic heterocycles. The summed E-state index contributed by atoms with van der Waals surface area (Å²) >= 11 is 0. The molecule has 0 atom stereocenters. The Morgan fingerprint density at radius 1 is 1.22 bits per heavy atom. The lowest BCUT2D eigenvalue weighted by atomic mass is 10.0. The number of fused-ring (bicyclic) bond motifs is 1. The van der Waals surface area contributed by atoms with E-state index < -0.39 is 0 Å². The molecule has 0 saturated carbocycles. The van der Waals surface area contributed by atoms with Gasteiger partial charge in [0.2, 0.25) is 0 Å². The van der Waals surface area contributed by atoms with Crippen molar-refractivity contribution in [2.75, 3.05) is 6.61 Å². The van der Waals surface area contributed by atoms with Crippen molar-refractivity contribution in [1.82, 2.24) is 4.98 Å². The van der Waals surface area contributed by atoms with Crippen molar-refractivity contribution in [1.29, 1.82) is 0 Å². The largest absolute Gasteiger partial charge is 0.493 e. The van der Waals surface area contributed by atoms with Crippen LogP contribution in [0, 0.1) is 0 Å². The van der Waals surface area contributed by atoms with Gasteiger partial charge in [-0.05, 0) is 41.5 Å². The first-order valence-electron chi connectivity index (χ1n) is 6.01. The highest BCUT2D eigenvalue weighted by Gasteiger charge is 2.15. The summed E-state index contributed by atoms with van der Waals surface area (Å²) in [6.07, 6.45) is 4.73. The van der Waals surface area contributed by atoms with Gasteiger partial charge >= 0.3 is 0 Å². The minimum absolute atomic E-state index is 0.135. The molecule has 0 unspecified atom stereocenters. The van der Waals surface area contributed by atoms with Gasteiger partial charge in [-0.1, -0.05) is 0 Å². The molecule has 3 heteroatoms. The van der Waals surface area contributed by atoms with Crippen molar-refractivity contribution in [2.45, 2.75) is 12.8 Å². The Kier molecular flexibility index (Phi) is 2.81. The summed E-state index contributed by atoms with van der Waals surface area (Å²) < 4.78 is 5.43. The van der Waals surface area contributed by atoms with Gasteiger partial charge in [0, 0.05) is 30.8 Å². The number of benzene rings is 1. The van der Waals surface area contributed by atoms with E-state index in [4.69, 9.17) is 4.74 Å². The van der Waals surface area contributed by atoms with Gasteiger partial charge < -0.3 is 4.74 Å². The second-order valence-electron chi connectivity index (χ2n) is 4.38. The standard InChI is InChI=1S/C15H13NO2/c17-14(9-11-3-6-16-7-4-11)12-1-2-15-13(10-12)5-8-18-15/h1-4,6-7,10H,5,8-9H2. The maximum absolute atomic E-state index is 12.2. The number of hydrogen-bond acceptors (Lipinski definition) is 3. The minimum atomic E-state index is 0.135. The normalized spacial score (nSPS) is 12.9. The van der Waals surface area contributed by atoms with Gasteiger partial charge in [0.25, 0.3) is 0 Å². The lowest BCUT2D eigenvalue weighted by molar-refractivity contribution is 0.0993. The van der Waals surface area contributed by atoms with Crippen LogP contribution in [0.15, 0.2) is 42.7 Å². The lowest BCUT2D eigenvalue weighted by Gasteiger charge is -2.03. The van der Waals surface area contributed by atoms with Gasteiger partial charge in [-0.25, -0.2) is 0 Å². The molecule has 3 rings (SSSR count). The third-order valence-corrected chi connectivity index (χ3v) is 3.13. The van der Waals surface area contributed by atoms with Gasteiger partial charge in [-0.3, -0.25) is 9.78 Å². The molecule has 1 aliphatic rings. The minimum Gasteiger partial charge on any atom is -0.493 e. The summed E-state index contributed by atoms with van der Waals surface area (Å²) in [7, 11) is 0. The maximum atomic E-state index is 12.2. The number of carbonyl (C=O) groups excluding carboxylic acids is 1. The van der Waals surface area contributed by atoms with E-state index >= 15 is 0 Å². The van der Waals surface area contributed by atoms with Gasteiger partial charge in [0.05, 0.1) is 6.61 Å². The average molecular weight is 239 g/mol. The van der Waals surface area contributed by atoms with Gasteiger partial charge in [0.1, 0.15) is 5.75 Å². The second-order valence-corrected chi connectivity index (χ2v) is 4.38. The lowest BCUT2D eigenvalue weighted by Crippen LogP contribution is -2.03. The van der Waals surface area contributed by atoms with Crippen molar-refractivity contribution >= 4 is 5.78 Å². The molecule has 2 aromatic rings. The van der Waals surface area contributed by atoms with Crippen LogP contribution in [0.25, 0.3) is 0 Å². The molecule has 0 bridgehead atoms. The second kappa shape index (κ2) is 4.61. The summed E-state index contributed by atoms with van der Waals surface area (Å²) in [4.78, 5) is 16.1. The molecular weight excluding hydrogens is 226 g/mol. The Morgan fingerprint density at radius 3 is 2.89 bits per heavy atom. The third kappa shape index (κ3) is 2.12. The Balaban J connectivity index is 1.81. The molecule has 3 nitrogen and oxygen atoms in total. The van der Waals surface area contributed by atoms with Crippen LogP contribution in [0.2, 0.25) is 0 Å². The SMILES string of the molecule is O=C(Cc1ccncc1)c1ccc2c(c1)CCO2. The zero-order chi connectivity index (χ0) is 12.4. The number of hydrogen-bond donors (Lipinski definition) is 0. The third-order valence-electron chi connectivity index (χ3n) is 3.13. The highest BCUT2D eigenvalue weighted by atomic mass is 16.5. The number of aromatic nitrogens is 1. The molecular formula is C15H13NO2. The Bertz CT molecular complexity index is 578. The highest BCUT2D eigenvalue weighted by molar-refractivity contribution is 5.97. The monoisotopic (exact) mass is 239 g/mol.